The standard InChI is InChI=1S/C23H21NO5/c1-12(25)8-17-21-14(6-7-18(27-3)23(21)26)15-5-4-13-9-19-20(29-11-28-19)10-16(13)22(15)24(17)2/h4-7,9-10,17,26H,8,11H2,1-3H3/t17-/m0/s1. The fourth-order valence-electron chi connectivity index (χ4n) is 4.48. The van der Waals surface area contributed by atoms with Crippen molar-refractivity contribution in [3.8, 4) is 34.1 Å². The van der Waals surface area contributed by atoms with Crippen molar-refractivity contribution in [2.24, 2.45) is 0 Å². The lowest BCUT2D eigenvalue weighted by Gasteiger charge is -2.38. The minimum absolute atomic E-state index is 0.0522. The van der Waals surface area contributed by atoms with Gasteiger partial charge in [0.2, 0.25) is 6.79 Å². The average Bonchev–Trinajstić information content (AvgIpc) is 3.16. The largest absolute Gasteiger partial charge is 0.504 e. The molecule has 2 heterocycles. The maximum atomic E-state index is 12.1. The van der Waals surface area contributed by atoms with Crippen LogP contribution in [0.2, 0.25) is 0 Å². The third-order valence-corrected chi connectivity index (χ3v) is 5.81. The van der Waals surface area contributed by atoms with E-state index in [1.807, 2.05) is 37.4 Å². The topological polar surface area (TPSA) is 68.2 Å². The summed E-state index contributed by atoms with van der Waals surface area (Å²) in [5.41, 5.74) is 3.62. The molecule has 29 heavy (non-hydrogen) atoms. The fourth-order valence-corrected chi connectivity index (χ4v) is 4.48. The molecule has 0 saturated heterocycles. The van der Waals surface area contributed by atoms with Gasteiger partial charge in [0.05, 0.1) is 18.8 Å². The summed E-state index contributed by atoms with van der Waals surface area (Å²) in [5, 5.41) is 12.9. The van der Waals surface area contributed by atoms with Crippen molar-refractivity contribution >= 4 is 22.2 Å². The molecular formula is C23H21NO5. The van der Waals surface area contributed by atoms with E-state index in [2.05, 4.69) is 4.90 Å². The molecule has 2 aliphatic heterocycles. The maximum absolute atomic E-state index is 12.1. The van der Waals surface area contributed by atoms with Crippen molar-refractivity contribution < 1.29 is 24.1 Å². The fraction of sp³-hybridized carbons (Fsp3) is 0.261. The number of nitrogens with zero attached hydrogens (tertiary/aromatic N) is 1. The van der Waals surface area contributed by atoms with Gasteiger partial charge in [-0.05, 0) is 42.1 Å². The minimum Gasteiger partial charge on any atom is -0.504 e. The van der Waals surface area contributed by atoms with Crippen LogP contribution in [0.4, 0.5) is 5.69 Å². The van der Waals surface area contributed by atoms with E-state index in [1.54, 1.807) is 13.0 Å². The highest BCUT2D eigenvalue weighted by Gasteiger charge is 2.34. The number of phenolic OH excluding ortho intramolecular Hbond substituents is 1. The van der Waals surface area contributed by atoms with Crippen molar-refractivity contribution in [2.45, 2.75) is 19.4 Å². The number of aromatic hydroxyl groups is 1. The number of carbonyl (C=O) groups excluding carboxylic acids is 1. The molecule has 1 N–H and O–H groups in total. The first-order valence-corrected chi connectivity index (χ1v) is 9.48. The number of anilines is 1. The predicted octanol–water partition coefficient (Wildman–Crippen LogP) is 4.42. The molecule has 0 unspecified atom stereocenters. The molecule has 0 bridgehead atoms. The smallest absolute Gasteiger partial charge is 0.231 e. The van der Waals surface area contributed by atoms with Crippen molar-refractivity contribution in [3.05, 3.63) is 42.0 Å². The van der Waals surface area contributed by atoms with Gasteiger partial charge in [0.15, 0.2) is 23.0 Å². The molecular weight excluding hydrogens is 370 g/mol. The Morgan fingerprint density at radius 1 is 1.17 bits per heavy atom. The highest BCUT2D eigenvalue weighted by atomic mass is 16.7. The van der Waals surface area contributed by atoms with Crippen LogP contribution in [-0.4, -0.2) is 31.8 Å². The maximum Gasteiger partial charge on any atom is 0.231 e. The second kappa shape index (κ2) is 6.30. The lowest BCUT2D eigenvalue weighted by Crippen LogP contribution is -2.30. The Morgan fingerprint density at radius 3 is 2.62 bits per heavy atom. The van der Waals surface area contributed by atoms with E-state index in [4.69, 9.17) is 14.2 Å². The summed E-state index contributed by atoms with van der Waals surface area (Å²) in [6.07, 6.45) is 0.282. The van der Waals surface area contributed by atoms with E-state index in [1.165, 1.54) is 7.11 Å². The van der Waals surface area contributed by atoms with Crippen LogP contribution in [0.25, 0.3) is 21.9 Å². The number of ketones is 1. The van der Waals surface area contributed by atoms with Gasteiger partial charge in [0.1, 0.15) is 5.78 Å². The van der Waals surface area contributed by atoms with E-state index in [9.17, 15) is 9.90 Å². The van der Waals surface area contributed by atoms with Gasteiger partial charge in [-0.3, -0.25) is 4.79 Å². The Labute approximate surface area is 168 Å². The third-order valence-electron chi connectivity index (χ3n) is 5.81. The number of hydrogen-bond donors (Lipinski definition) is 1. The second-order valence-electron chi connectivity index (χ2n) is 7.50. The van der Waals surface area contributed by atoms with Crippen molar-refractivity contribution in [2.75, 3.05) is 25.9 Å². The van der Waals surface area contributed by atoms with Gasteiger partial charge in [-0.1, -0.05) is 12.1 Å². The Morgan fingerprint density at radius 2 is 1.90 bits per heavy atom. The lowest BCUT2D eigenvalue weighted by atomic mass is 9.84. The quantitative estimate of drug-likeness (QED) is 0.713. The number of hydrogen-bond acceptors (Lipinski definition) is 6. The molecule has 2 aliphatic rings. The molecule has 3 aromatic carbocycles. The molecule has 0 amide bonds. The van der Waals surface area contributed by atoms with E-state index < -0.39 is 0 Å². The molecule has 0 aliphatic carbocycles. The summed E-state index contributed by atoms with van der Waals surface area (Å²) in [7, 11) is 3.48. The number of carbonyl (C=O) groups is 1. The van der Waals surface area contributed by atoms with Crippen molar-refractivity contribution in [1.82, 2.24) is 0 Å². The SMILES string of the molecule is COc1ccc2c(c1O)[C@H](CC(C)=O)N(C)c1c-2ccc2cc3c(cc12)OCO3. The molecule has 0 saturated carbocycles. The number of benzene rings is 3. The van der Waals surface area contributed by atoms with Crippen molar-refractivity contribution in [1.29, 1.82) is 0 Å². The number of fused-ring (bicyclic) bond motifs is 6. The number of rotatable bonds is 3. The summed E-state index contributed by atoms with van der Waals surface area (Å²) in [5.74, 6) is 1.99. The molecule has 6 nitrogen and oxygen atoms in total. The van der Waals surface area contributed by atoms with Crippen LogP contribution < -0.4 is 19.1 Å². The first-order valence-electron chi connectivity index (χ1n) is 9.48. The highest BCUT2D eigenvalue weighted by Crippen LogP contribution is 2.53. The van der Waals surface area contributed by atoms with Crippen LogP contribution >= 0.6 is 0 Å². The Kier molecular flexibility index (Phi) is 3.84. The molecule has 0 radical (unpaired) electrons. The Hall–Kier alpha value is -3.41. The Bertz CT molecular complexity index is 1170. The number of phenols is 1. The molecule has 0 spiro atoms. The normalized spacial score (nSPS) is 16.5. The van der Waals surface area contributed by atoms with Crippen LogP contribution in [0, 0.1) is 0 Å². The minimum atomic E-state index is -0.305. The van der Waals surface area contributed by atoms with E-state index in [0.717, 1.165) is 38.9 Å². The molecule has 1 atom stereocenters. The summed E-state index contributed by atoms with van der Waals surface area (Å²) in [4.78, 5) is 14.2. The molecule has 0 aromatic heterocycles. The van der Waals surface area contributed by atoms with Crippen LogP contribution in [0.5, 0.6) is 23.0 Å². The predicted molar refractivity (Wildman–Crippen MR) is 110 cm³/mol. The van der Waals surface area contributed by atoms with E-state index >= 15 is 0 Å². The number of ether oxygens (including phenoxy) is 3. The van der Waals surface area contributed by atoms with Crippen molar-refractivity contribution in [3.63, 3.8) is 0 Å². The Balaban J connectivity index is 1.83. The second-order valence-corrected chi connectivity index (χ2v) is 7.50. The van der Waals surface area contributed by atoms with Crippen LogP contribution in [-0.2, 0) is 4.79 Å². The van der Waals surface area contributed by atoms with Gasteiger partial charge < -0.3 is 24.2 Å². The zero-order valence-electron chi connectivity index (χ0n) is 16.5. The van der Waals surface area contributed by atoms with Crippen LogP contribution in [0.3, 0.4) is 0 Å². The van der Waals surface area contributed by atoms with Gasteiger partial charge >= 0.3 is 0 Å². The molecule has 5 rings (SSSR count). The van der Waals surface area contributed by atoms with Gasteiger partial charge in [0.25, 0.3) is 0 Å². The van der Waals surface area contributed by atoms with E-state index in [-0.39, 0.29) is 30.8 Å². The molecule has 0 fully saturated rings. The lowest BCUT2D eigenvalue weighted by molar-refractivity contribution is -0.117. The number of Topliss-reactive ketones (excluding diaryl/α,β-unsaturated/α-hetero) is 1. The number of methoxy groups -OCH3 is 1. The van der Waals surface area contributed by atoms with Gasteiger partial charge in [-0.2, -0.15) is 0 Å². The zero-order valence-corrected chi connectivity index (χ0v) is 16.5. The van der Waals surface area contributed by atoms with Gasteiger partial charge in [-0.25, -0.2) is 0 Å². The molecule has 3 aromatic rings. The van der Waals surface area contributed by atoms with Crippen LogP contribution in [0.1, 0.15) is 24.9 Å². The average molecular weight is 391 g/mol. The summed E-state index contributed by atoms with van der Waals surface area (Å²) in [6, 6.07) is 11.5. The van der Waals surface area contributed by atoms with Crippen LogP contribution in [0.15, 0.2) is 36.4 Å². The molecule has 6 heteroatoms. The van der Waals surface area contributed by atoms with Gasteiger partial charge in [0, 0.05) is 30.0 Å². The molecule has 148 valence electrons. The highest BCUT2D eigenvalue weighted by molar-refractivity contribution is 6.06. The first-order chi connectivity index (χ1) is 14.0. The summed E-state index contributed by atoms with van der Waals surface area (Å²) < 4.78 is 16.4. The zero-order chi connectivity index (χ0) is 20.3. The summed E-state index contributed by atoms with van der Waals surface area (Å²) >= 11 is 0. The third kappa shape index (κ3) is 2.52. The monoisotopic (exact) mass is 391 g/mol. The van der Waals surface area contributed by atoms with E-state index in [0.29, 0.717) is 11.5 Å². The first kappa shape index (κ1) is 17.7. The van der Waals surface area contributed by atoms with Gasteiger partial charge in [-0.15, -0.1) is 0 Å². The summed E-state index contributed by atoms with van der Waals surface area (Å²) in [6.45, 7) is 1.79.